The van der Waals surface area contributed by atoms with Crippen molar-refractivity contribution in [2.24, 2.45) is 7.05 Å². The predicted molar refractivity (Wildman–Crippen MR) is 60.8 cm³/mol. The monoisotopic (exact) mass is 235 g/mol. The molecule has 0 aliphatic carbocycles. The van der Waals surface area contributed by atoms with Gasteiger partial charge in [-0.15, -0.1) is 5.10 Å². The molecule has 1 aromatic heterocycles. The molecule has 90 valence electrons. The summed E-state index contributed by atoms with van der Waals surface area (Å²) in [7, 11) is 1.78. The molecule has 0 aliphatic rings. The van der Waals surface area contributed by atoms with E-state index in [0.29, 0.717) is 12.8 Å². The highest BCUT2D eigenvalue weighted by Crippen LogP contribution is 2.08. The lowest BCUT2D eigenvalue weighted by molar-refractivity contribution is 0.174. The first kappa shape index (κ1) is 11.7. The van der Waals surface area contributed by atoms with Crippen LogP contribution in [0.2, 0.25) is 0 Å². The fourth-order valence-corrected chi connectivity index (χ4v) is 1.69. The van der Waals surface area contributed by atoms with E-state index in [9.17, 15) is 9.50 Å². The number of aliphatic hydroxyl groups is 1. The second kappa shape index (κ2) is 5.05. The molecule has 2 aromatic rings. The summed E-state index contributed by atoms with van der Waals surface area (Å²) in [6.07, 6.45) is 2.17. The summed E-state index contributed by atoms with van der Waals surface area (Å²) in [6.45, 7) is 0. The summed E-state index contributed by atoms with van der Waals surface area (Å²) in [4.78, 5) is 0. The molecular weight excluding hydrogens is 221 g/mol. The lowest BCUT2D eigenvalue weighted by atomic mass is 10.0. The minimum absolute atomic E-state index is 0.267. The van der Waals surface area contributed by atoms with Gasteiger partial charge in [0.25, 0.3) is 0 Å². The van der Waals surface area contributed by atoms with Crippen molar-refractivity contribution in [2.75, 3.05) is 0 Å². The number of hydrogen-bond donors (Lipinski definition) is 1. The van der Waals surface area contributed by atoms with E-state index in [-0.39, 0.29) is 5.82 Å². The van der Waals surface area contributed by atoms with E-state index in [1.54, 1.807) is 30.1 Å². The van der Waals surface area contributed by atoms with Gasteiger partial charge in [-0.3, -0.25) is 4.68 Å². The topological polar surface area (TPSA) is 50.9 Å². The second-order valence-electron chi connectivity index (χ2n) is 4.07. The number of aliphatic hydroxyl groups excluding tert-OH is 1. The molecule has 0 saturated heterocycles. The van der Waals surface area contributed by atoms with E-state index in [1.807, 2.05) is 0 Å². The molecule has 0 bridgehead atoms. The third kappa shape index (κ3) is 3.35. The van der Waals surface area contributed by atoms with Crippen LogP contribution in [0.25, 0.3) is 0 Å². The highest BCUT2D eigenvalue weighted by Gasteiger charge is 2.09. The molecular formula is C12H14FN3O. The Morgan fingerprint density at radius 3 is 2.59 bits per heavy atom. The van der Waals surface area contributed by atoms with E-state index in [0.717, 1.165) is 11.3 Å². The Morgan fingerprint density at radius 2 is 2.00 bits per heavy atom. The first-order chi connectivity index (χ1) is 8.13. The van der Waals surface area contributed by atoms with Crippen molar-refractivity contribution in [2.45, 2.75) is 18.9 Å². The van der Waals surface area contributed by atoms with Crippen LogP contribution in [0.5, 0.6) is 0 Å². The van der Waals surface area contributed by atoms with Crippen LogP contribution >= 0.6 is 0 Å². The molecule has 0 saturated carbocycles. The zero-order chi connectivity index (χ0) is 12.3. The molecule has 0 spiro atoms. The average molecular weight is 235 g/mol. The van der Waals surface area contributed by atoms with Crippen LogP contribution in [-0.4, -0.2) is 26.2 Å². The lowest BCUT2D eigenvalue weighted by Crippen LogP contribution is -2.14. The number of rotatable bonds is 4. The molecule has 0 radical (unpaired) electrons. The van der Waals surface area contributed by atoms with Crippen molar-refractivity contribution in [1.82, 2.24) is 15.0 Å². The molecule has 1 N–H and O–H groups in total. The van der Waals surface area contributed by atoms with Crippen molar-refractivity contribution in [1.29, 1.82) is 0 Å². The van der Waals surface area contributed by atoms with Crippen LogP contribution in [-0.2, 0) is 19.9 Å². The predicted octanol–water partition coefficient (Wildman–Crippen LogP) is 1.10. The van der Waals surface area contributed by atoms with Crippen molar-refractivity contribution in [3.8, 4) is 0 Å². The van der Waals surface area contributed by atoms with E-state index in [4.69, 9.17) is 0 Å². The molecule has 0 aliphatic heterocycles. The maximum absolute atomic E-state index is 12.7. The third-order valence-electron chi connectivity index (χ3n) is 2.48. The van der Waals surface area contributed by atoms with Crippen LogP contribution in [0.1, 0.15) is 11.3 Å². The molecule has 1 atom stereocenters. The van der Waals surface area contributed by atoms with Crippen LogP contribution in [0.3, 0.4) is 0 Å². The van der Waals surface area contributed by atoms with Gasteiger partial charge in [0.1, 0.15) is 5.82 Å². The molecule has 1 unspecified atom stereocenters. The Labute approximate surface area is 98.7 Å². The van der Waals surface area contributed by atoms with E-state index in [2.05, 4.69) is 10.3 Å². The highest BCUT2D eigenvalue weighted by atomic mass is 19.1. The molecule has 0 fully saturated rings. The van der Waals surface area contributed by atoms with Gasteiger partial charge in [0, 0.05) is 19.7 Å². The molecule has 5 heteroatoms. The summed E-state index contributed by atoms with van der Waals surface area (Å²) in [5, 5.41) is 17.6. The average Bonchev–Trinajstić information content (AvgIpc) is 2.67. The third-order valence-corrected chi connectivity index (χ3v) is 2.48. The van der Waals surface area contributed by atoms with E-state index < -0.39 is 6.10 Å². The van der Waals surface area contributed by atoms with Crippen LogP contribution in [0.4, 0.5) is 4.39 Å². The fourth-order valence-electron chi connectivity index (χ4n) is 1.69. The van der Waals surface area contributed by atoms with E-state index in [1.165, 1.54) is 12.1 Å². The lowest BCUT2D eigenvalue weighted by Gasteiger charge is -2.08. The second-order valence-corrected chi connectivity index (χ2v) is 4.07. The first-order valence-electron chi connectivity index (χ1n) is 5.41. The minimum atomic E-state index is -0.530. The van der Waals surface area contributed by atoms with Crippen LogP contribution < -0.4 is 0 Å². The number of aromatic nitrogens is 3. The minimum Gasteiger partial charge on any atom is -0.392 e. The zero-order valence-corrected chi connectivity index (χ0v) is 9.55. The molecule has 1 aromatic carbocycles. The Bertz CT molecular complexity index is 481. The first-order valence-corrected chi connectivity index (χ1v) is 5.41. The normalized spacial score (nSPS) is 12.6. The summed E-state index contributed by atoms with van der Waals surface area (Å²) in [6, 6.07) is 6.14. The molecule has 0 amide bonds. The SMILES string of the molecule is Cn1cc(CC(O)Cc2ccc(F)cc2)nn1. The zero-order valence-electron chi connectivity index (χ0n) is 9.55. The van der Waals surface area contributed by atoms with Gasteiger partial charge in [0.2, 0.25) is 0 Å². The van der Waals surface area contributed by atoms with Gasteiger partial charge < -0.3 is 5.11 Å². The van der Waals surface area contributed by atoms with Crippen LogP contribution in [0.15, 0.2) is 30.5 Å². The highest BCUT2D eigenvalue weighted by molar-refractivity contribution is 5.17. The molecule has 2 rings (SSSR count). The van der Waals surface area contributed by atoms with Gasteiger partial charge >= 0.3 is 0 Å². The van der Waals surface area contributed by atoms with Gasteiger partial charge in [-0.05, 0) is 24.1 Å². The van der Waals surface area contributed by atoms with Crippen LogP contribution in [0, 0.1) is 5.82 Å². The summed E-state index contributed by atoms with van der Waals surface area (Å²) in [5.41, 5.74) is 1.66. The Balaban J connectivity index is 1.93. The number of halogens is 1. The number of hydrogen-bond acceptors (Lipinski definition) is 3. The van der Waals surface area contributed by atoms with Gasteiger partial charge in [-0.1, -0.05) is 17.3 Å². The number of benzene rings is 1. The Morgan fingerprint density at radius 1 is 1.29 bits per heavy atom. The summed E-state index contributed by atoms with van der Waals surface area (Å²) in [5.74, 6) is -0.267. The maximum atomic E-state index is 12.7. The number of nitrogens with zero attached hydrogens (tertiary/aromatic N) is 3. The maximum Gasteiger partial charge on any atom is 0.123 e. The van der Waals surface area contributed by atoms with Crippen molar-refractivity contribution in [3.05, 3.63) is 47.5 Å². The summed E-state index contributed by atoms with van der Waals surface area (Å²) < 4.78 is 14.3. The Hall–Kier alpha value is -1.75. The van der Waals surface area contributed by atoms with E-state index >= 15 is 0 Å². The van der Waals surface area contributed by atoms with Gasteiger partial charge in [0.05, 0.1) is 11.8 Å². The van der Waals surface area contributed by atoms with Gasteiger partial charge in [-0.25, -0.2) is 4.39 Å². The van der Waals surface area contributed by atoms with Crippen molar-refractivity contribution < 1.29 is 9.50 Å². The van der Waals surface area contributed by atoms with Gasteiger partial charge in [-0.2, -0.15) is 0 Å². The Kier molecular flexibility index (Phi) is 3.49. The molecule has 1 heterocycles. The van der Waals surface area contributed by atoms with Crippen molar-refractivity contribution in [3.63, 3.8) is 0 Å². The van der Waals surface area contributed by atoms with Crippen molar-refractivity contribution >= 4 is 0 Å². The number of aryl methyl sites for hydroxylation is 1. The fraction of sp³-hybridized carbons (Fsp3) is 0.333. The quantitative estimate of drug-likeness (QED) is 0.863. The largest absolute Gasteiger partial charge is 0.392 e. The molecule has 17 heavy (non-hydrogen) atoms. The van der Waals surface area contributed by atoms with Gasteiger partial charge in [0.15, 0.2) is 0 Å². The smallest absolute Gasteiger partial charge is 0.123 e. The standard InChI is InChI=1S/C12H14FN3O/c1-16-8-11(14-15-16)7-12(17)6-9-2-4-10(13)5-3-9/h2-5,8,12,17H,6-7H2,1H3. The summed E-state index contributed by atoms with van der Waals surface area (Å²) >= 11 is 0. The molecule has 4 nitrogen and oxygen atoms in total.